The maximum atomic E-state index is 12.6. The first kappa shape index (κ1) is 13.4. The van der Waals surface area contributed by atoms with Gasteiger partial charge < -0.3 is 14.5 Å². The summed E-state index contributed by atoms with van der Waals surface area (Å²) in [7, 11) is 0. The average Bonchev–Trinajstić information content (AvgIpc) is 3.02. The van der Waals surface area contributed by atoms with Crippen LogP contribution in [-0.2, 0) is 6.42 Å². The quantitative estimate of drug-likeness (QED) is 0.680. The van der Waals surface area contributed by atoms with Gasteiger partial charge in [0.05, 0.1) is 11.4 Å². The summed E-state index contributed by atoms with van der Waals surface area (Å²) in [6.45, 7) is 2.45. The molecule has 2 aromatic rings. The Morgan fingerprint density at radius 3 is 2.86 bits per heavy atom. The summed E-state index contributed by atoms with van der Waals surface area (Å²) in [5, 5.41) is 12.4. The van der Waals surface area contributed by atoms with Crippen LogP contribution in [0.15, 0.2) is 46.0 Å². The second-order valence-corrected chi connectivity index (χ2v) is 4.89. The van der Waals surface area contributed by atoms with Gasteiger partial charge in [-0.3, -0.25) is 4.79 Å². The minimum absolute atomic E-state index is 0.167. The molecule has 0 unspecified atom stereocenters. The lowest BCUT2D eigenvalue weighted by Crippen LogP contribution is -2.37. The summed E-state index contributed by atoms with van der Waals surface area (Å²) in [4.78, 5) is 14.3. The molecule has 0 fully saturated rings. The lowest BCUT2D eigenvalue weighted by Gasteiger charge is -2.29. The van der Waals surface area contributed by atoms with Crippen LogP contribution in [0, 0.1) is 0 Å². The molecule has 1 aromatic carbocycles. The van der Waals surface area contributed by atoms with Gasteiger partial charge in [0, 0.05) is 24.9 Å². The minimum Gasteiger partial charge on any atom is -0.456 e. The van der Waals surface area contributed by atoms with Crippen LogP contribution in [0.25, 0.3) is 0 Å². The van der Waals surface area contributed by atoms with Crippen molar-refractivity contribution in [3.63, 3.8) is 0 Å². The fraction of sp³-hybridized carbons (Fsp3) is 0.250. The molecular weight excluding hydrogens is 268 g/mol. The Bertz CT molecular complexity index is 703. The molecule has 2 heterocycles. The van der Waals surface area contributed by atoms with Gasteiger partial charge >= 0.3 is 0 Å². The SMILES string of the molecule is CCc1ccc(C(=O)N2CCC(=NO)c3ccccc32)o1. The molecule has 5 nitrogen and oxygen atoms in total. The average molecular weight is 284 g/mol. The summed E-state index contributed by atoms with van der Waals surface area (Å²) in [5.41, 5.74) is 2.13. The highest BCUT2D eigenvalue weighted by molar-refractivity contribution is 6.14. The number of carbonyl (C=O) groups excluding carboxylic acids is 1. The third-order valence-corrected chi connectivity index (χ3v) is 3.66. The Hall–Kier alpha value is -2.56. The van der Waals surface area contributed by atoms with E-state index in [4.69, 9.17) is 9.62 Å². The second kappa shape index (κ2) is 5.44. The number of rotatable bonds is 2. The largest absolute Gasteiger partial charge is 0.456 e. The van der Waals surface area contributed by atoms with E-state index in [0.717, 1.165) is 23.4 Å². The van der Waals surface area contributed by atoms with E-state index in [1.807, 2.05) is 37.3 Å². The molecule has 1 aliphatic heterocycles. The van der Waals surface area contributed by atoms with Crippen LogP contribution >= 0.6 is 0 Å². The molecule has 1 aromatic heterocycles. The van der Waals surface area contributed by atoms with Gasteiger partial charge in [0.1, 0.15) is 5.76 Å². The molecular formula is C16H16N2O3. The number of oxime groups is 1. The van der Waals surface area contributed by atoms with Gasteiger partial charge in [-0.15, -0.1) is 0 Å². The van der Waals surface area contributed by atoms with Crippen molar-refractivity contribution in [1.29, 1.82) is 0 Å². The fourth-order valence-corrected chi connectivity index (χ4v) is 2.56. The van der Waals surface area contributed by atoms with Crippen molar-refractivity contribution in [1.82, 2.24) is 0 Å². The van der Waals surface area contributed by atoms with Crippen molar-refractivity contribution < 1.29 is 14.4 Å². The Morgan fingerprint density at radius 2 is 2.14 bits per heavy atom. The maximum Gasteiger partial charge on any atom is 0.294 e. The van der Waals surface area contributed by atoms with Crippen LogP contribution in [0.2, 0.25) is 0 Å². The van der Waals surface area contributed by atoms with Gasteiger partial charge in [-0.05, 0) is 18.2 Å². The van der Waals surface area contributed by atoms with Crippen LogP contribution in [0.4, 0.5) is 5.69 Å². The summed E-state index contributed by atoms with van der Waals surface area (Å²) in [5.74, 6) is 0.964. The van der Waals surface area contributed by atoms with Crippen molar-refractivity contribution >= 4 is 17.3 Å². The molecule has 0 aliphatic carbocycles. The van der Waals surface area contributed by atoms with Gasteiger partial charge in [0.25, 0.3) is 5.91 Å². The van der Waals surface area contributed by atoms with E-state index in [0.29, 0.717) is 24.4 Å². The van der Waals surface area contributed by atoms with Gasteiger partial charge in [-0.2, -0.15) is 0 Å². The molecule has 0 radical (unpaired) electrons. The number of anilines is 1. The van der Waals surface area contributed by atoms with E-state index in [2.05, 4.69) is 5.16 Å². The number of aryl methyl sites for hydroxylation is 1. The van der Waals surface area contributed by atoms with E-state index in [9.17, 15) is 4.79 Å². The molecule has 108 valence electrons. The van der Waals surface area contributed by atoms with E-state index in [1.54, 1.807) is 11.0 Å². The number of benzene rings is 1. The highest BCUT2D eigenvalue weighted by Crippen LogP contribution is 2.29. The van der Waals surface area contributed by atoms with Gasteiger partial charge in [-0.1, -0.05) is 30.3 Å². The van der Waals surface area contributed by atoms with Crippen LogP contribution < -0.4 is 4.90 Å². The molecule has 3 rings (SSSR count). The van der Waals surface area contributed by atoms with Crippen molar-refractivity contribution in [3.8, 4) is 0 Å². The standard InChI is InChI=1S/C16H16N2O3/c1-2-11-7-8-15(21-11)16(19)18-10-9-13(17-20)12-5-3-4-6-14(12)18/h3-8,20H,2,9-10H2,1H3. The highest BCUT2D eigenvalue weighted by atomic mass is 16.4. The zero-order valence-corrected chi connectivity index (χ0v) is 11.7. The van der Waals surface area contributed by atoms with Crippen molar-refractivity contribution in [2.45, 2.75) is 19.8 Å². The molecule has 0 atom stereocenters. The van der Waals surface area contributed by atoms with Crippen LogP contribution in [0.5, 0.6) is 0 Å². The number of hydrogen-bond donors (Lipinski definition) is 1. The molecule has 21 heavy (non-hydrogen) atoms. The third-order valence-electron chi connectivity index (χ3n) is 3.66. The molecule has 1 N–H and O–H groups in total. The summed E-state index contributed by atoms with van der Waals surface area (Å²) in [6.07, 6.45) is 1.27. The zero-order valence-electron chi connectivity index (χ0n) is 11.7. The smallest absolute Gasteiger partial charge is 0.294 e. The first-order chi connectivity index (χ1) is 10.2. The van der Waals surface area contributed by atoms with E-state index < -0.39 is 0 Å². The molecule has 0 saturated heterocycles. The van der Waals surface area contributed by atoms with Crippen molar-refractivity contribution in [3.05, 3.63) is 53.5 Å². The topological polar surface area (TPSA) is 66.0 Å². The predicted octanol–water partition coefficient (Wildman–Crippen LogP) is 3.07. The summed E-state index contributed by atoms with van der Waals surface area (Å²) >= 11 is 0. The number of amides is 1. The van der Waals surface area contributed by atoms with E-state index >= 15 is 0 Å². The summed E-state index contributed by atoms with van der Waals surface area (Å²) < 4.78 is 5.55. The number of fused-ring (bicyclic) bond motifs is 1. The number of nitrogens with zero attached hydrogens (tertiary/aromatic N) is 2. The van der Waals surface area contributed by atoms with Gasteiger partial charge in [0.15, 0.2) is 5.76 Å². The molecule has 0 saturated carbocycles. The minimum atomic E-state index is -0.167. The van der Waals surface area contributed by atoms with Crippen molar-refractivity contribution in [2.24, 2.45) is 5.16 Å². The Balaban J connectivity index is 1.98. The highest BCUT2D eigenvalue weighted by Gasteiger charge is 2.28. The van der Waals surface area contributed by atoms with Gasteiger partial charge in [0.2, 0.25) is 0 Å². The first-order valence-electron chi connectivity index (χ1n) is 6.95. The number of furan rings is 1. The maximum absolute atomic E-state index is 12.6. The van der Waals surface area contributed by atoms with Crippen LogP contribution in [0.1, 0.15) is 35.2 Å². The summed E-state index contributed by atoms with van der Waals surface area (Å²) in [6, 6.07) is 11.0. The molecule has 0 spiro atoms. The Kier molecular flexibility index (Phi) is 3.48. The van der Waals surface area contributed by atoms with Crippen molar-refractivity contribution in [2.75, 3.05) is 11.4 Å². The van der Waals surface area contributed by atoms with Crippen LogP contribution in [-0.4, -0.2) is 23.4 Å². The monoisotopic (exact) mass is 284 g/mol. The lowest BCUT2D eigenvalue weighted by molar-refractivity contribution is 0.0958. The molecule has 5 heteroatoms. The third kappa shape index (κ3) is 2.31. The molecule has 0 bridgehead atoms. The normalized spacial score (nSPS) is 16.0. The number of carbonyl (C=O) groups is 1. The Labute approximate surface area is 122 Å². The van der Waals surface area contributed by atoms with E-state index in [1.165, 1.54) is 0 Å². The number of hydrogen-bond acceptors (Lipinski definition) is 4. The number of para-hydroxylation sites is 1. The first-order valence-corrected chi connectivity index (χ1v) is 6.95. The zero-order chi connectivity index (χ0) is 14.8. The molecule has 1 amide bonds. The van der Waals surface area contributed by atoms with E-state index in [-0.39, 0.29) is 5.91 Å². The fourth-order valence-electron chi connectivity index (χ4n) is 2.56. The molecule has 1 aliphatic rings. The van der Waals surface area contributed by atoms with Gasteiger partial charge in [-0.25, -0.2) is 0 Å². The Morgan fingerprint density at radius 1 is 1.33 bits per heavy atom. The predicted molar refractivity (Wildman–Crippen MR) is 79.1 cm³/mol. The second-order valence-electron chi connectivity index (χ2n) is 4.89. The van der Waals surface area contributed by atoms with Crippen LogP contribution in [0.3, 0.4) is 0 Å². The lowest BCUT2D eigenvalue weighted by atomic mass is 9.99.